The second-order valence-corrected chi connectivity index (χ2v) is 3.23. The number of hydrogen-bond donors (Lipinski definition) is 1. The van der Waals surface area contributed by atoms with Crippen LogP contribution in [0.5, 0.6) is 0 Å². The zero-order valence-corrected chi connectivity index (χ0v) is 7.73. The van der Waals surface area contributed by atoms with Crippen molar-refractivity contribution in [1.29, 1.82) is 0 Å². The van der Waals surface area contributed by atoms with Gasteiger partial charge in [-0.1, -0.05) is 25.8 Å². The first kappa shape index (κ1) is 9.30. The normalized spacial score (nSPS) is 21.1. The lowest BCUT2D eigenvalue weighted by molar-refractivity contribution is -0.118. The highest BCUT2D eigenvalue weighted by Gasteiger charge is 2.12. The summed E-state index contributed by atoms with van der Waals surface area (Å²) in [6.07, 6.45) is 7.61. The zero-order valence-electron chi connectivity index (χ0n) is 7.73. The summed E-state index contributed by atoms with van der Waals surface area (Å²) in [5, 5.41) is 2.85. The number of piperidine rings is 1. The molecule has 0 spiro atoms. The molecule has 1 heterocycles. The molecule has 1 aliphatic heterocycles. The molecule has 0 unspecified atom stereocenters. The van der Waals surface area contributed by atoms with Gasteiger partial charge in [0.1, 0.15) is 0 Å². The molecule has 0 saturated carbocycles. The van der Waals surface area contributed by atoms with E-state index in [1.54, 1.807) is 0 Å². The van der Waals surface area contributed by atoms with E-state index in [1.165, 1.54) is 12.8 Å². The van der Waals surface area contributed by atoms with Gasteiger partial charge in [-0.15, -0.1) is 0 Å². The quantitative estimate of drug-likeness (QED) is 0.505. The predicted octanol–water partition coefficient (Wildman–Crippen LogP) is 2.01. The van der Waals surface area contributed by atoms with Crippen LogP contribution in [0.15, 0.2) is 11.6 Å². The van der Waals surface area contributed by atoms with Crippen molar-refractivity contribution in [3.63, 3.8) is 0 Å². The predicted molar refractivity (Wildman–Crippen MR) is 49.9 cm³/mol. The molecule has 0 aromatic carbocycles. The number of carbonyl (C=O) groups excluding carboxylic acids is 1. The van der Waals surface area contributed by atoms with E-state index >= 15 is 0 Å². The summed E-state index contributed by atoms with van der Waals surface area (Å²) in [4.78, 5) is 11.2. The van der Waals surface area contributed by atoms with Crippen LogP contribution in [0.2, 0.25) is 0 Å². The maximum absolute atomic E-state index is 11.2. The van der Waals surface area contributed by atoms with E-state index in [2.05, 4.69) is 18.3 Å². The Labute approximate surface area is 74.0 Å². The molecule has 1 N–H and O–H groups in total. The number of allylic oxidation sites excluding steroid dienone is 1. The minimum atomic E-state index is 0.150. The van der Waals surface area contributed by atoms with E-state index in [1.807, 2.05) is 0 Å². The summed E-state index contributed by atoms with van der Waals surface area (Å²) in [5.74, 6) is 0.150. The summed E-state index contributed by atoms with van der Waals surface area (Å²) >= 11 is 0. The fourth-order valence-corrected chi connectivity index (χ4v) is 1.38. The van der Waals surface area contributed by atoms with Gasteiger partial charge in [-0.3, -0.25) is 4.79 Å². The van der Waals surface area contributed by atoms with Gasteiger partial charge < -0.3 is 5.32 Å². The van der Waals surface area contributed by atoms with E-state index in [0.717, 1.165) is 31.4 Å². The molecule has 2 nitrogen and oxygen atoms in total. The minimum absolute atomic E-state index is 0.150. The Morgan fingerprint density at radius 3 is 3.08 bits per heavy atom. The average Bonchev–Trinajstić information content (AvgIpc) is 2.09. The van der Waals surface area contributed by atoms with Crippen molar-refractivity contribution in [3.8, 4) is 0 Å². The smallest absolute Gasteiger partial charge is 0.246 e. The molecule has 1 amide bonds. The molecule has 1 rings (SSSR count). The lowest BCUT2D eigenvalue weighted by Crippen LogP contribution is -2.30. The zero-order chi connectivity index (χ0) is 8.81. The number of amides is 1. The van der Waals surface area contributed by atoms with Crippen LogP contribution in [0.25, 0.3) is 0 Å². The van der Waals surface area contributed by atoms with Crippen LogP contribution in [0.3, 0.4) is 0 Å². The van der Waals surface area contributed by atoms with Gasteiger partial charge in [0.2, 0.25) is 5.91 Å². The molecular formula is C10H17NO. The first-order valence-corrected chi connectivity index (χ1v) is 4.82. The van der Waals surface area contributed by atoms with Gasteiger partial charge in [0, 0.05) is 12.1 Å². The van der Waals surface area contributed by atoms with E-state index < -0.39 is 0 Å². The van der Waals surface area contributed by atoms with Gasteiger partial charge in [0.05, 0.1) is 0 Å². The average molecular weight is 167 g/mol. The molecule has 0 aliphatic carbocycles. The standard InChI is InChI=1S/C10H17NO/c1-2-3-4-6-9-7-5-8-11-10(9)12/h6H,2-5,7-8H2,1H3,(H,11,12)/b9-6+. The third-order valence-electron chi connectivity index (χ3n) is 2.15. The van der Waals surface area contributed by atoms with Crippen molar-refractivity contribution < 1.29 is 4.79 Å². The van der Waals surface area contributed by atoms with Crippen LogP contribution < -0.4 is 5.32 Å². The molecule has 0 aromatic rings. The minimum Gasteiger partial charge on any atom is -0.352 e. The Balaban J connectivity index is 2.36. The highest BCUT2D eigenvalue weighted by atomic mass is 16.1. The Kier molecular flexibility index (Phi) is 3.85. The van der Waals surface area contributed by atoms with Crippen molar-refractivity contribution in [3.05, 3.63) is 11.6 Å². The maximum Gasteiger partial charge on any atom is 0.246 e. The summed E-state index contributed by atoms with van der Waals surface area (Å²) in [7, 11) is 0. The van der Waals surface area contributed by atoms with Crippen molar-refractivity contribution in [2.24, 2.45) is 0 Å². The molecular weight excluding hydrogens is 150 g/mol. The van der Waals surface area contributed by atoms with Crippen molar-refractivity contribution >= 4 is 5.91 Å². The molecule has 68 valence electrons. The topological polar surface area (TPSA) is 29.1 Å². The molecule has 0 bridgehead atoms. The van der Waals surface area contributed by atoms with E-state index in [0.29, 0.717) is 0 Å². The van der Waals surface area contributed by atoms with Gasteiger partial charge in [0.15, 0.2) is 0 Å². The molecule has 2 heteroatoms. The highest BCUT2D eigenvalue weighted by Crippen LogP contribution is 2.11. The van der Waals surface area contributed by atoms with Gasteiger partial charge in [-0.2, -0.15) is 0 Å². The lowest BCUT2D eigenvalue weighted by Gasteiger charge is -2.14. The number of nitrogens with one attached hydrogen (secondary N) is 1. The largest absolute Gasteiger partial charge is 0.352 e. The van der Waals surface area contributed by atoms with Crippen LogP contribution in [0, 0.1) is 0 Å². The van der Waals surface area contributed by atoms with Crippen molar-refractivity contribution in [2.45, 2.75) is 39.0 Å². The molecule has 0 aromatic heterocycles. The summed E-state index contributed by atoms with van der Waals surface area (Å²) < 4.78 is 0. The van der Waals surface area contributed by atoms with E-state index in [9.17, 15) is 4.79 Å². The number of unbranched alkanes of at least 4 members (excludes halogenated alkanes) is 2. The highest BCUT2D eigenvalue weighted by molar-refractivity contribution is 5.93. The van der Waals surface area contributed by atoms with Crippen LogP contribution in [-0.4, -0.2) is 12.5 Å². The van der Waals surface area contributed by atoms with Crippen LogP contribution in [0.1, 0.15) is 39.0 Å². The second-order valence-electron chi connectivity index (χ2n) is 3.23. The molecule has 12 heavy (non-hydrogen) atoms. The summed E-state index contributed by atoms with van der Waals surface area (Å²) in [6.45, 7) is 3.02. The Morgan fingerprint density at radius 1 is 1.58 bits per heavy atom. The summed E-state index contributed by atoms with van der Waals surface area (Å²) in [5.41, 5.74) is 0.995. The van der Waals surface area contributed by atoms with Gasteiger partial charge in [0.25, 0.3) is 0 Å². The van der Waals surface area contributed by atoms with Crippen molar-refractivity contribution in [2.75, 3.05) is 6.54 Å². The van der Waals surface area contributed by atoms with Crippen molar-refractivity contribution in [1.82, 2.24) is 5.32 Å². The third-order valence-corrected chi connectivity index (χ3v) is 2.15. The second kappa shape index (κ2) is 4.96. The van der Waals surface area contributed by atoms with E-state index in [4.69, 9.17) is 0 Å². The summed E-state index contributed by atoms with van der Waals surface area (Å²) in [6, 6.07) is 0. The van der Waals surface area contributed by atoms with Crippen LogP contribution >= 0.6 is 0 Å². The Morgan fingerprint density at radius 2 is 2.42 bits per heavy atom. The van der Waals surface area contributed by atoms with Crippen LogP contribution in [-0.2, 0) is 4.79 Å². The van der Waals surface area contributed by atoms with E-state index in [-0.39, 0.29) is 5.91 Å². The first-order chi connectivity index (χ1) is 5.84. The number of rotatable bonds is 3. The molecule has 0 radical (unpaired) electrons. The number of carbonyl (C=O) groups is 1. The lowest BCUT2D eigenvalue weighted by atomic mass is 10.0. The molecule has 1 saturated heterocycles. The van der Waals surface area contributed by atoms with Gasteiger partial charge in [-0.05, 0) is 19.3 Å². The molecule has 0 atom stereocenters. The fraction of sp³-hybridized carbons (Fsp3) is 0.700. The molecule has 1 aliphatic rings. The molecule has 1 fully saturated rings. The first-order valence-electron chi connectivity index (χ1n) is 4.82. The monoisotopic (exact) mass is 167 g/mol. The third kappa shape index (κ3) is 2.68. The van der Waals surface area contributed by atoms with Gasteiger partial charge >= 0.3 is 0 Å². The SMILES string of the molecule is CCCC/C=C1\CCCNC1=O. The Bertz CT molecular complexity index is 184. The fourth-order valence-electron chi connectivity index (χ4n) is 1.38. The maximum atomic E-state index is 11.2. The number of hydrogen-bond acceptors (Lipinski definition) is 1. The van der Waals surface area contributed by atoms with Crippen LogP contribution in [0.4, 0.5) is 0 Å². The Hall–Kier alpha value is -0.790. The van der Waals surface area contributed by atoms with Gasteiger partial charge in [-0.25, -0.2) is 0 Å².